The van der Waals surface area contributed by atoms with E-state index in [-0.39, 0.29) is 23.0 Å². The molecule has 0 fully saturated rings. The van der Waals surface area contributed by atoms with E-state index in [4.69, 9.17) is 14.6 Å². The van der Waals surface area contributed by atoms with Gasteiger partial charge in [-0.2, -0.15) is 0 Å². The molecule has 0 bridgehead atoms. The Hall–Kier alpha value is -4.39. The predicted octanol–water partition coefficient (Wildman–Crippen LogP) is 3.72. The summed E-state index contributed by atoms with van der Waals surface area (Å²) in [5, 5.41) is 25.6. The van der Waals surface area contributed by atoms with Crippen LogP contribution in [-0.2, 0) is 9.47 Å². The first-order valence-electron chi connectivity index (χ1n) is 10.6. The molecule has 12 nitrogen and oxygen atoms in total. The maximum Gasteiger partial charge on any atom is 0.411 e. The largest absolute Gasteiger partial charge is 0.501 e. The molecule has 13 heteroatoms. The fourth-order valence-electron chi connectivity index (χ4n) is 2.98. The Labute approximate surface area is 208 Å². The van der Waals surface area contributed by atoms with Gasteiger partial charge >= 0.3 is 18.2 Å². The molecule has 0 unspecified atom stereocenters. The lowest BCUT2D eigenvalue weighted by molar-refractivity contribution is 0.0473. The van der Waals surface area contributed by atoms with Crippen molar-refractivity contribution in [2.24, 2.45) is 0 Å². The molecule has 3 rings (SSSR count). The number of hydrogen-bond acceptors (Lipinski definition) is 9. The molecule has 190 valence electrons. The number of carbonyl (C=O) groups is 3. The zero-order valence-corrected chi connectivity index (χ0v) is 20.3. The minimum atomic E-state index is -1.59. The van der Waals surface area contributed by atoms with E-state index in [1.165, 1.54) is 6.07 Å². The lowest BCUT2D eigenvalue weighted by Gasteiger charge is -2.24. The number of benzene rings is 1. The summed E-state index contributed by atoms with van der Waals surface area (Å²) in [5.74, 6) is -2.77. The van der Waals surface area contributed by atoms with Crippen LogP contribution in [0.4, 0.5) is 15.3 Å². The first kappa shape index (κ1) is 26.2. The predicted molar refractivity (Wildman–Crippen MR) is 130 cm³/mol. The van der Waals surface area contributed by atoms with E-state index in [2.05, 4.69) is 20.6 Å². The summed E-state index contributed by atoms with van der Waals surface area (Å²) in [4.78, 5) is 54.3. The van der Waals surface area contributed by atoms with E-state index in [1.807, 2.05) is 0 Å². The lowest BCUT2D eigenvalue weighted by atomic mass is 10.1. The lowest BCUT2D eigenvalue weighted by Crippen LogP contribution is -2.37. The zero-order chi connectivity index (χ0) is 26.5. The van der Waals surface area contributed by atoms with Gasteiger partial charge in [-0.1, -0.05) is 30.3 Å². The summed E-state index contributed by atoms with van der Waals surface area (Å²) in [5.41, 5.74) is -1.72. The number of aromatic amines is 1. The average Bonchev–Trinajstić information content (AvgIpc) is 3.25. The highest BCUT2D eigenvalue weighted by atomic mass is 32.1. The van der Waals surface area contributed by atoms with E-state index < -0.39 is 46.8 Å². The standard InChI is InChI=1S/C23H24N4O8S/c1-23(2,3)35-22(33)25-14(12-7-5-4-6-8-12)11-34-21(32)24-13-9-10-36-17(13)18-26-15(20(30)31)16(28)19(29)27-18/h4-10,14,28H,11H2,1-3H3,(H,24,32)(H,25,33)(H,30,31)(H,26,27,29)/t14-/m1/s1. The molecule has 1 aromatic carbocycles. The van der Waals surface area contributed by atoms with Crippen LogP contribution in [0.25, 0.3) is 10.7 Å². The second-order valence-electron chi connectivity index (χ2n) is 8.41. The molecule has 0 aliphatic carbocycles. The highest BCUT2D eigenvalue weighted by molar-refractivity contribution is 7.14. The molecule has 2 aromatic heterocycles. The number of aromatic hydroxyl groups is 1. The van der Waals surface area contributed by atoms with Gasteiger partial charge in [-0.25, -0.2) is 19.4 Å². The van der Waals surface area contributed by atoms with Crippen LogP contribution < -0.4 is 16.2 Å². The SMILES string of the molecule is CC(C)(C)OC(=O)N[C@H](COC(=O)Nc1ccsc1-c1nc(C(=O)O)c(O)c(=O)[nH]1)c1ccccc1. The van der Waals surface area contributed by atoms with Gasteiger partial charge in [-0.3, -0.25) is 10.1 Å². The minimum Gasteiger partial charge on any atom is -0.501 e. The summed E-state index contributed by atoms with van der Waals surface area (Å²) in [6, 6.07) is 9.66. The smallest absolute Gasteiger partial charge is 0.411 e. The molecule has 0 aliphatic rings. The number of aromatic nitrogens is 2. The number of H-pyrrole nitrogens is 1. The Morgan fingerprint density at radius 2 is 1.83 bits per heavy atom. The minimum absolute atomic E-state index is 0.158. The van der Waals surface area contributed by atoms with Gasteiger partial charge in [0.05, 0.1) is 16.6 Å². The Morgan fingerprint density at radius 1 is 1.14 bits per heavy atom. The van der Waals surface area contributed by atoms with Gasteiger partial charge in [-0.15, -0.1) is 11.3 Å². The van der Waals surface area contributed by atoms with E-state index >= 15 is 0 Å². The van der Waals surface area contributed by atoms with Crippen LogP contribution in [0, 0.1) is 0 Å². The molecular formula is C23H24N4O8S. The number of aromatic carboxylic acids is 1. The molecule has 0 radical (unpaired) electrons. The summed E-state index contributed by atoms with van der Waals surface area (Å²) >= 11 is 1.06. The fraction of sp³-hybridized carbons (Fsp3) is 0.261. The van der Waals surface area contributed by atoms with Gasteiger partial charge in [-0.05, 0) is 37.8 Å². The third kappa shape index (κ3) is 6.82. The zero-order valence-electron chi connectivity index (χ0n) is 19.5. The van der Waals surface area contributed by atoms with Crippen molar-refractivity contribution in [3.05, 3.63) is 63.4 Å². The number of nitrogens with one attached hydrogen (secondary N) is 3. The van der Waals surface area contributed by atoms with Gasteiger partial charge in [0.25, 0.3) is 5.56 Å². The van der Waals surface area contributed by atoms with Crippen LogP contribution in [0.15, 0.2) is 46.6 Å². The van der Waals surface area contributed by atoms with Crippen molar-refractivity contribution >= 4 is 35.2 Å². The number of carboxylic acids is 1. The fourth-order valence-corrected chi connectivity index (χ4v) is 3.77. The van der Waals surface area contributed by atoms with Crippen molar-refractivity contribution in [1.29, 1.82) is 0 Å². The number of alkyl carbamates (subject to hydrolysis) is 1. The van der Waals surface area contributed by atoms with Crippen LogP contribution in [-0.4, -0.2) is 50.5 Å². The molecular weight excluding hydrogens is 492 g/mol. The van der Waals surface area contributed by atoms with E-state index in [1.54, 1.807) is 56.5 Å². The van der Waals surface area contributed by atoms with Gasteiger partial charge in [0.1, 0.15) is 12.2 Å². The maximum absolute atomic E-state index is 12.5. The first-order chi connectivity index (χ1) is 16.9. The number of ether oxygens (including phenoxy) is 2. The highest BCUT2D eigenvalue weighted by Crippen LogP contribution is 2.31. The molecule has 0 aliphatic heterocycles. The van der Waals surface area contributed by atoms with Gasteiger partial charge in [0.2, 0.25) is 5.75 Å². The summed E-state index contributed by atoms with van der Waals surface area (Å²) in [7, 11) is 0. The normalized spacial score (nSPS) is 11.9. The van der Waals surface area contributed by atoms with Crippen molar-refractivity contribution in [3.63, 3.8) is 0 Å². The number of carbonyl (C=O) groups excluding carboxylic acids is 2. The van der Waals surface area contributed by atoms with Crippen molar-refractivity contribution in [2.75, 3.05) is 11.9 Å². The quantitative estimate of drug-likeness (QED) is 0.313. The van der Waals surface area contributed by atoms with Crippen molar-refractivity contribution in [1.82, 2.24) is 15.3 Å². The maximum atomic E-state index is 12.5. The number of thiophene rings is 1. The summed E-state index contributed by atoms with van der Waals surface area (Å²) in [6.07, 6.45) is -1.56. The Balaban J connectivity index is 1.73. The number of rotatable bonds is 7. The molecule has 0 saturated heterocycles. The third-order valence-corrected chi connectivity index (χ3v) is 5.41. The Bertz CT molecular complexity index is 1310. The number of carboxylic acid groups (broad SMARTS) is 1. The number of hydrogen-bond donors (Lipinski definition) is 5. The van der Waals surface area contributed by atoms with Crippen LogP contribution in [0.1, 0.15) is 42.9 Å². The number of amides is 2. The molecule has 1 atom stereocenters. The number of nitrogens with zero attached hydrogens (tertiary/aromatic N) is 1. The van der Waals surface area contributed by atoms with Crippen LogP contribution >= 0.6 is 11.3 Å². The highest BCUT2D eigenvalue weighted by Gasteiger charge is 2.23. The van der Waals surface area contributed by atoms with E-state index in [0.29, 0.717) is 5.56 Å². The molecule has 0 spiro atoms. The van der Waals surface area contributed by atoms with Crippen LogP contribution in [0.5, 0.6) is 5.75 Å². The molecule has 36 heavy (non-hydrogen) atoms. The topological polar surface area (TPSA) is 180 Å². The third-order valence-electron chi connectivity index (χ3n) is 4.49. The summed E-state index contributed by atoms with van der Waals surface area (Å²) in [6.45, 7) is 4.94. The Kier molecular flexibility index (Phi) is 7.94. The second kappa shape index (κ2) is 10.9. The van der Waals surface area contributed by atoms with Crippen LogP contribution in [0.2, 0.25) is 0 Å². The van der Waals surface area contributed by atoms with Crippen molar-refractivity contribution in [3.8, 4) is 16.5 Å². The summed E-state index contributed by atoms with van der Waals surface area (Å²) < 4.78 is 10.6. The van der Waals surface area contributed by atoms with E-state index in [9.17, 15) is 24.3 Å². The van der Waals surface area contributed by atoms with Crippen molar-refractivity contribution < 1.29 is 34.1 Å². The Morgan fingerprint density at radius 3 is 2.47 bits per heavy atom. The van der Waals surface area contributed by atoms with Crippen molar-refractivity contribution in [2.45, 2.75) is 32.4 Å². The number of anilines is 1. The second-order valence-corrected chi connectivity index (χ2v) is 9.33. The first-order valence-corrected chi connectivity index (χ1v) is 11.4. The molecule has 3 aromatic rings. The van der Waals surface area contributed by atoms with E-state index in [0.717, 1.165) is 11.3 Å². The average molecular weight is 517 g/mol. The van der Waals surface area contributed by atoms with Gasteiger partial charge < -0.3 is 30.0 Å². The molecule has 2 amide bonds. The van der Waals surface area contributed by atoms with Gasteiger partial charge in [0.15, 0.2) is 11.5 Å². The molecule has 5 N–H and O–H groups in total. The van der Waals surface area contributed by atoms with Crippen LogP contribution in [0.3, 0.4) is 0 Å². The monoisotopic (exact) mass is 516 g/mol. The molecule has 0 saturated carbocycles. The molecule has 2 heterocycles. The van der Waals surface area contributed by atoms with Gasteiger partial charge in [0, 0.05) is 0 Å².